The molecule has 1 aromatic heterocycles. The van der Waals surface area contributed by atoms with Crippen molar-refractivity contribution in [2.24, 2.45) is 0 Å². The highest BCUT2D eigenvalue weighted by Gasteiger charge is 2.03. The SMILES string of the molecule is [CH]CCc1cc(Cl)sc1Cl. The average Bonchev–Trinajstić information content (AvgIpc) is 2.13. The van der Waals surface area contributed by atoms with Crippen LogP contribution in [0.4, 0.5) is 0 Å². The highest BCUT2D eigenvalue weighted by Crippen LogP contribution is 2.31. The first-order chi connectivity index (χ1) is 4.74. The molecule has 2 radical (unpaired) electrons. The average molecular weight is 193 g/mol. The second kappa shape index (κ2) is 3.61. The first-order valence-corrected chi connectivity index (χ1v) is 4.45. The number of hydrogen-bond acceptors (Lipinski definition) is 1. The van der Waals surface area contributed by atoms with Gasteiger partial charge < -0.3 is 0 Å². The van der Waals surface area contributed by atoms with E-state index in [4.69, 9.17) is 30.1 Å². The van der Waals surface area contributed by atoms with Crippen molar-refractivity contribution in [2.45, 2.75) is 12.8 Å². The van der Waals surface area contributed by atoms with E-state index < -0.39 is 0 Å². The van der Waals surface area contributed by atoms with Crippen molar-refractivity contribution in [1.29, 1.82) is 0 Å². The molecule has 0 atom stereocenters. The van der Waals surface area contributed by atoms with Crippen LogP contribution in [0.2, 0.25) is 8.67 Å². The molecule has 0 aliphatic rings. The molecule has 0 amide bonds. The lowest BCUT2D eigenvalue weighted by molar-refractivity contribution is 1.01. The van der Waals surface area contributed by atoms with Gasteiger partial charge in [-0.15, -0.1) is 11.3 Å². The number of hydrogen-bond donors (Lipinski definition) is 0. The van der Waals surface area contributed by atoms with Crippen molar-refractivity contribution < 1.29 is 0 Å². The standard InChI is InChI=1S/C7H6Cl2S/c1-2-3-5-4-6(8)10-7(5)9/h1,4H,2-3H2. The highest BCUT2D eigenvalue weighted by molar-refractivity contribution is 7.20. The second-order valence-corrected chi connectivity index (χ2v) is 4.17. The van der Waals surface area contributed by atoms with Crippen LogP contribution in [0.3, 0.4) is 0 Å². The van der Waals surface area contributed by atoms with Crippen LogP contribution in [-0.2, 0) is 6.42 Å². The maximum Gasteiger partial charge on any atom is 0.0976 e. The summed E-state index contributed by atoms with van der Waals surface area (Å²) >= 11 is 12.9. The molecule has 1 aromatic rings. The van der Waals surface area contributed by atoms with Crippen LogP contribution in [0, 0.1) is 6.92 Å². The third-order valence-electron chi connectivity index (χ3n) is 1.14. The molecule has 0 unspecified atom stereocenters. The Kier molecular flexibility index (Phi) is 3.02. The van der Waals surface area contributed by atoms with E-state index >= 15 is 0 Å². The van der Waals surface area contributed by atoms with Gasteiger partial charge >= 0.3 is 0 Å². The number of aryl methyl sites for hydroxylation is 1. The fourth-order valence-electron chi connectivity index (χ4n) is 0.700. The van der Waals surface area contributed by atoms with E-state index in [1.54, 1.807) is 0 Å². The molecular weight excluding hydrogens is 187 g/mol. The van der Waals surface area contributed by atoms with Crippen LogP contribution in [-0.4, -0.2) is 0 Å². The lowest BCUT2D eigenvalue weighted by Gasteiger charge is -1.90. The second-order valence-electron chi connectivity index (χ2n) is 1.89. The van der Waals surface area contributed by atoms with Crippen LogP contribution < -0.4 is 0 Å². The summed E-state index contributed by atoms with van der Waals surface area (Å²) in [6, 6.07) is 1.86. The van der Waals surface area contributed by atoms with Gasteiger partial charge in [0.2, 0.25) is 0 Å². The van der Waals surface area contributed by atoms with Crippen molar-refractivity contribution in [2.75, 3.05) is 0 Å². The molecule has 0 aromatic carbocycles. The van der Waals surface area contributed by atoms with Gasteiger partial charge in [0.1, 0.15) is 0 Å². The summed E-state index contributed by atoms with van der Waals surface area (Å²) < 4.78 is 1.49. The van der Waals surface area contributed by atoms with E-state index in [2.05, 4.69) is 0 Å². The third-order valence-corrected chi connectivity index (χ3v) is 2.71. The van der Waals surface area contributed by atoms with Gasteiger partial charge in [-0.3, -0.25) is 0 Å². The fraction of sp³-hybridized carbons (Fsp3) is 0.286. The van der Waals surface area contributed by atoms with E-state index in [0.717, 1.165) is 20.7 Å². The summed E-state index contributed by atoms with van der Waals surface area (Å²) in [5.41, 5.74) is 1.05. The monoisotopic (exact) mass is 192 g/mol. The Balaban J connectivity index is 2.81. The normalized spacial score (nSPS) is 10.3. The van der Waals surface area contributed by atoms with Crippen molar-refractivity contribution in [3.63, 3.8) is 0 Å². The van der Waals surface area contributed by atoms with Gasteiger partial charge in [0.25, 0.3) is 0 Å². The Bertz CT molecular complexity index is 217. The Labute approximate surface area is 74.8 Å². The zero-order valence-corrected chi connectivity index (χ0v) is 7.56. The van der Waals surface area contributed by atoms with E-state index in [9.17, 15) is 0 Å². The summed E-state index contributed by atoms with van der Waals surface area (Å²) in [6.45, 7) is 5.34. The molecule has 0 N–H and O–H groups in total. The summed E-state index contributed by atoms with van der Waals surface area (Å²) in [7, 11) is 0. The zero-order chi connectivity index (χ0) is 7.56. The lowest BCUT2D eigenvalue weighted by Crippen LogP contribution is -1.76. The largest absolute Gasteiger partial charge is 0.111 e. The Morgan fingerprint density at radius 1 is 1.50 bits per heavy atom. The van der Waals surface area contributed by atoms with Crippen LogP contribution in [0.1, 0.15) is 12.0 Å². The number of rotatable bonds is 2. The Hall–Kier alpha value is 0.280. The first kappa shape index (κ1) is 8.38. The van der Waals surface area contributed by atoms with E-state index in [1.807, 2.05) is 6.07 Å². The number of halogens is 2. The summed E-state index contributed by atoms with van der Waals surface area (Å²) in [5.74, 6) is 0. The topological polar surface area (TPSA) is 0 Å². The molecule has 0 aliphatic heterocycles. The first-order valence-electron chi connectivity index (χ1n) is 2.88. The molecule has 3 heteroatoms. The van der Waals surface area contributed by atoms with E-state index in [-0.39, 0.29) is 0 Å². The van der Waals surface area contributed by atoms with Gasteiger partial charge in [-0.2, -0.15) is 0 Å². The minimum atomic E-state index is 0.618. The van der Waals surface area contributed by atoms with Crippen LogP contribution in [0.15, 0.2) is 6.07 Å². The predicted octanol–water partition coefficient (Wildman–Crippen LogP) is 3.70. The van der Waals surface area contributed by atoms with E-state index in [1.165, 1.54) is 11.3 Å². The molecule has 0 nitrogen and oxygen atoms in total. The molecular formula is C7H6Cl2S. The van der Waals surface area contributed by atoms with Crippen molar-refractivity contribution in [3.05, 3.63) is 27.2 Å². The van der Waals surface area contributed by atoms with Gasteiger partial charge in [0.05, 0.1) is 8.67 Å². The van der Waals surface area contributed by atoms with Crippen LogP contribution >= 0.6 is 34.5 Å². The van der Waals surface area contributed by atoms with Gasteiger partial charge in [0.15, 0.2) is 0 Å². The minimum absolute atomic E-state index is 0.618. The fourth-order valence-corrected chi connectivity index (χ4v) is 2.24. The molecule has 1 heterocycles. The molecule has 0 aliphatic carbocycles. The summed E-state index contributed by atoms with van der Waals surface area (Å²) in [4.78, 5) is 0. The van der Waals surface area contributed by atoms with Gasteiger partial charge in [-0.1, -0.05) is 23.2 Å². The van der Waals surface area contributed by atoms with Crippen LogP contribution in [0.25, 0.3) is 0 Å². The predicted molar refractivity (Wildman–Crippen MR) is 47.0 cm³/mol. The van der Waals surface area contributed by atoms with Gasteiger partial charge in [-0.05, 0) is 31.4 Å². The van der Waals surface area contributed by atoms with E-state index in [0.29, 0.717) is 6.42 Å². The summed E-state index contributed by atoms with van der Waals surface area (Å²) in [5, 5.41) is 0. The molecule has 0 spiro atoms. The number of thiophene rings is 1. The lowest BCUT2D eigenvalue weighted by atomic mass is 10.2. The zero-order valence-electron chi connectivity index (χ0n) is 5.23. The smallest absolute Gasteiger partial charge is 0.0976 e. The molecule has 10 heavy (non-hydrogen) atoms. The minimum Gasteiger partial charge on any atom is -0.111 e. The molecule has 0 fully saturated rings. The Morgan fingerprint density at radius 3 is 2.60 bits per heavy atom. The van der Waals surface area contributed by atoms with Crippen molar-refractivity contribution >= 4 is 34.5 Å². The maximum atomic E-state index is 5.80. The van der Waals surface area contributed by atoms with Gasteiger partial charge in [-0.25, -0.2) is 0 Å². The van der Waals surface area contributed by atoms with Crippen molar-refractivity contribution in [1.82, 2.24) is 0 Å². The molecule has 0 bridgehead atoms. The summed E-state index contributed by atoms with van der Waals surface area (Å²) in [6.07, 6.45) is 1.43. The van der Waals surface area contributed by atoms with Crippen LogP contribution in [0.5, 0.6) is 0 Å². The molecule has 0 saturated heterocycles. The third kappa shape index (κ3) is 1.88. The molecule has 1 rings (SSSR count). The molecule has 54 valence electrons. The highest BCUT2D eigenvalue weighted by atomic mass is 35.5. The molecule has 0 saturated carbocycles. The quantitative estimate of drug-likeness (QED) is 0.671. The maximum absolute atomic E-state index is 5.80. The van der Waals surface area contributed by atoms with Crippen molar-refractivity contribution in [3.8, 4) is 0 Å². The Morgan fingerprint density at radius 2 is 2.20 bits per heavy atom. The van der Waals surface area contributed by atoms with Gasteiger partial charge in [0, 0.05) is 0 Å².